The van der Waals surface area contributed by atoms with Crippen LogP contribution in [0, 0.1) is 0 Å². The van der Waals surface area contributed by atoms with Crippen molar-refractivity contribution in [3.8, 4) is 11.3 Å². The third-order valence-corrected chi connectivity index (χ3v) is 4.56. The van der Waals surface area contributed by atoms with Crippen molar-refractivity contribution in [2.24, 2.45) is 9.98 Å². The van der Waals surface area contributed by atoms with Gasteiger partial charge in [0.25, 0.3) is 0 Å². The molecule has 0 amide bonds. The Morgan fingerprint density at radius 1 is 0.741 bits per heavy atom. The highest BCUT2D eigenvalue weighted by molar-refractivity contribution is 6.03. The molecule has 3 heterocycles. The van der Waals surface area contributed by atoms with Gasteiger partial charge in [0.15, 0.2) is 0 Å². The lowest BCUT2D eigenvalue weighted by Gasteiger charge is -2.04. The summed E-state index contributed by atoms with van der Waals surface area (Å²) in [6, 6.07) is 16.6. The molecule has 0 unspecified atom stereocenters. The van der Waals surface area contributed by atoms with E-state index in [-0.39, 0.29) is 24.8 Å². The minimum atomic E-state index is 0. The minimum Gasteiger partial charge on any atom is -0.456 e. The van der Waals surface area contributed by atoms with E-state index in [1.807, 2.05) is 6.07 Å². The second-order valence-electron chi connectivity index (χ2n) is 6.26. The van der Waals surface area contributed by atoms with E-state index in [0.29, 0.717) is 0 Å². The molecule has 2 aromatic carbocycles. The van der Waals surface area contributed by atoms with Crippen LogP contribution in [0.3, 0.4) is 0 Å². The number of aliphatic imine (C=N–C) groups is 2. The molecule has 2 aliphatic rings. The molecule has 1 aromatic heterocycles. The molecule has 2 aliphatic heterocycles. The van der Waals surface area contributed by atoms with Gasteiger partial charge in [-0.05, 0) is 18.2 Å². The number of hydrogen-bond acceptors (Lipinski definition) is 5. The van der Waals surface area contributed by atoms with Crippen LogP contribution in [0.25, 0.3) is 22.3 Å². The zero-order valence-electron chi connectivity index (χ0n) is 14.6. The van der Waals surface area contributed by atoms with Crippen LogP contribution in [0.15, 0.2) is 62.9 Å². The van der Waals surface area contributed by atoms with Crippen molar-refractivity contribution < 1.29 is 4.42 Å². The summed E-state index contributed by atoms with van der Waals surface area (Å²) in [5.41, 5.74) is 4.11. The quantitative estimate of drug-likeness (QED) is 0.702. The van der Waals surface area contributed by atoms with Gasteiger partial charge in [0, 0.05) is 35.2 Å². The number of nitrogens with zero attached hydrogens (tertiary/aromatic N) is 2. The molecule has 0 aliphatic carbocycles. The Kier molecular flexibility index (Phi) is 5.73. The molecule has 2 N–H and O–H groups in total. The van der Waals surface area contributed by atoms with E-state index in [9.17, 15) is 0 Å². The number of halogens is 2. The van der Waals surface area contributed by atoms with Gasteiger partial charge >= 0.3 is 0 Å². The molecule has 5 nitrogen and oxygen atoms in total. The number of nitrogens with one attached hydrogen (secondary N) is 2. The summed E-state index contributed by atoms with van der Waals surface area (Å²) in [5.74, 6) is 2.78. The predicted octanol–water partition coefficient (Wildman–Crippen LogP) is 3.64. The first-order chi connectivity index (χ1) is 12.4. The molecule has 0 atom stereocenters. The summed E-state index contributed by atoms with van der Waals surface area (Å²) in [5, 5.41) is 7.72. The van der Waals surface area contributed by atoms with E-state index in [4.69, 9.17) is 4.42 Å². The van der Waals surface area contributed by atoms with Crippen molar-refractivity contribution in [1.29, 1.82) is 0 Å². The van der Waals surface area contributed by atoms with E-state index in [2.05, 4.69) is 63.1 Å². The van der Waals surface area contributed by atoms with Crippen LogP contribution < -0.4 is 10.6 Å². The molecular formula is C20H20Cl2N4O. The summed E-state index contributed by atoms with van der Waals surface area (Å²) in [7, 11) is 0. The first kappa shape index (κ1) is 19.3. The van der Waals surface area contributed by atoms with Crippen molar-refractivity contribution in [3.63, 3.8) is 0 Å². The van der Waals surface area contributed by atoms with Gasteiger partial charge in [-0.15, -0.1) is 24.8 Å². The smallest absolute Gasteiger partial charge is 0.135 e. The third kappa shape index (κ3) is 3.66. The molecule has 7 heteroatoms. The topological polar surface area (TPSA) is 61.9 Å². The Hall–Kier alpha value is -2.50. The van der Waals surface area contributed by atoms with Crippen molar-refractivity contribution in [2.45, 2.75) is 0 Å². The molecule has 0 saturated carbocycles. The molecule has 0 saturated heterocycles. The molecule has 27 heavy (non-hydrogen) atoms. The molecule has 0 fully saturated rings. The predicted molar refractivity (Wildman–Crippen MR) is 115 cm³/mol. The maximum atomic E-state index is 6.13. The monoisotopic (exact) mass is 402 g/mol. The van der Waals surface area contributed by atoms with Crippen LogP contribution in [0.5, 0.6) is 0 Å². The van der Waals surface area contributed by atoms with Crippen LogP contribution in [-0.2, 0) is 0 Å². The van der Waals surface area contributed by atoms with Crippen LogP contribution in [0.2, 0.25) is 0 Å². The number of furan rings is 1. The first-order valence-electron chi connectivity index (χ1n) is 8.58. The van der Waals surface area contributed by atoms with Crippen LogP contribution in [0.1, 0.15) is 11.1 Å². The number of amidine groups is 2. The molecule has 0 spiro atoms. The van der Waals surface area contributed by atoms with Crippen molar-refractivity contribution in [3.05, 3.63) is 59.7 Å². The normalized spacial score (nSPS) is 15.3. The zero-order valence-corrected chi connectivity index (χ0v) is 16.2. The second kappa shape index (κ2) is 8.03. The largest absolute Gasteiger partial charge is 0.456 e. The molecular weight excluding hydrogens is 383 g/mol. The Labute approximate surface area is 169 Å². The fraction of sp³-hybridized carbons (Fsp3) is 0.200. The maximum Gasteiger partial charge on any atom is 0.135 e. The van der Waals surface area contributed by atoms with Crippen LogP contribution >= 0.6 is 24.8 Å². The van der Waals surface area contributed by atoms with Gasteiger partial charge in [-0.3, -0.25) is 9.98 Å². The number of hydrogen-bond donors (Lipinski definition) is 2. The zero-order chi connectivity index (χ0) is 16.6. The summed E-state index contributed by atoms with van der Waals surface area (Å²) in [6.45, 7) is 3.48. The van der Waals surface area contributed by atoms with E-state index < -0.39 is 0 Å². The third-order valence-electron chi connectivity index (χ3n) is 4.56. The van der Waals surface area contributed by atoms with Crippen molar-refractivity contribution in [2.75, 3.05) is 26.2 Å². The highest BCUT2D eigenvalue weighted by Crippen LogP contribution is 2.29. The fourth-order valence-electron chi connectivity index (χ4n) is 3.32. The number of benzene rings is 2. The number of fused-ring (bicyclic) bond motifs is 1. The van der Waals surface area contributed by atoms with Gasteiger partial charge in [0.1, 0.15) is 23.0 Å². The SMILES string of the molecule is Cl.Cl.c1cc(C2=NCCN2)cc(-c2cc3ccc(C4=NCCN4)cc3o2)c1. The van der Waals surface area contributed by atoms with E-state index in [1.165, 1.54) is 0 Å². The summed E-state index contributed by atoms with van der Waals surface area (Å²) < 4.78 is 6.13. The van der Waals surface area contributed by atoms with Crippen LogP contribution in [-0.4, -0.2) is 37.9 Å². The Bertz CT molecular complexity index is 1030. The highest BCUT2D eigenvalue weighted by atomic mass is 35.5. The Morgan fingerprint density at radius 3 is 2.07 bits per heavy atom. The van der Waals surface area contributed by atoms with Crippen molar-refractivity contribution >= 4 is 47.5 Å². The van der Waals surface area contributed by atoms with Gasteiger partial charge < -0.3 is 15.1 Å². The summed E-state index contributed by atoms with van der Waals surface area (Å²) in [6.07, 6.45) is 0. The van der Waals surface area contributed by atoms with Crippen LogP contribution in [0.4, 0.5) is 0 Å². The highest BCUT2D eigenvalue weighted by Gasteiger charge is 2.13. The van der Waals surface area contributed by atoms with Gasteiger partial charge in [-0.25, -0.2) is 0 Å². The second-order valence-corrected chi connectivity index (χ2v) is 6.26. The Balaban J connectivity index is 0.00000105. The standard InChI is InChI=1S/C20H18N4O.2ClH/c1-2-13(10-15(3-1)19-21-6-7-22-19)17-11-14-4-5-16(12-18(14)25-17)20-23-8-9-24-20;;/h1-5,10-12H,6-9H2,(H,21,22)(H,23,24);2*1H. The van der Waals surface area contributed by atoms with E-state index in [1.54, 1.807) is 0 Å². The molecule has 5 rings (SSSR count). The van der Waals surface area contributed by atoms with E-state index >= 15 is 0 Å². The van der Waals surface area contributed by atoms with E-state index in [0.717, 1.165) is 71.3 Å². The van der Waals surface area contributed by atoms with Gasteiger partial charge in [-0.2, -0.15) is 0 Å². The molecule has 140 valence electrons. The lowest BCUT2D eigenvalue weighted by Crippen LogP contribution is -2.19. The first-order valence-corrected chi connectivity index (χ1v) is 8.58. The molecule has 0 bridgehead atoms. The van der Waals surface area contributed by atoms with Gasteiger partial charge in [0.2, 0.25) is 0 Å². The van der Waals surface area contributed by atoms with Gasteiger partial charge in [0.05, 0.1) is 13.1 Å². The minimum absolute atomic E-state index is 0. The van der Waals surface area contributed by atoms with Gasteiger partial charge in [-0.1, -0.05) is 30.3 Å². The lowest BCUT2D eigenvalue weighted by molar-refractivity contribution is 0.631. The number of rotatable bonds is 3. The summed E-state index contributed by atoms with van der Waals surface area (Å²) in [4.78, 5) is 8.97. The maximum absolute atomic E-state index is 6.13. The summed E-state index contributed by atoms with van der Waals surface area (Å²) >= 11 is 0. The Morgan fingerprint density at radius 2 is 1.41 bits per heavy atom. The lowest BCUT2D eigenvalue weighted by atomic mass is 10.1. The van der Waals surface area contributed by atoms with Crippen molar-refractivity contribution in [1.82, 2.24) is 10.6 Å². The molecule has 3 aromatic rings. The average Bonchev–Trinajstić information content (AvgIpc) is 3.42. The molecule has 0 radical (unpaired) electrons. The fourth-order valence-corrected chi connectivity index (χ4v) is 3.32. The average molecular weight is 403 g/mol.